The van der Waals surface area contributed by atoms with Crippen molar-refractivity contribution in [1.82, 2.24) is 0 Å². The summed E-state index contributed by atoms with van der Waals surface area (Å²) < 4.78 is 18.9. The van der Waals surface area contributed by atoms with E-state index in [1.807, 2.05) is 0 Å². The minimum atomic E-state index is -0.407. The lowest BCUT2D eigenvalue weighted by Gasteiger charge is -2.05. The third kappa shape index (κ3) is 12.7. The Morgan fingerprint density at radius 3 is 1.11 bits per heavy atom. The van der Waals surface area contributed by atoms with Crippen molar-refractivity contribution in [1.29, 1.82) is 0 Å². The number of carbonyl (C=O) groups is 2. The highest BCUT2D eigenvalue weighted by atomic mass is 16.7. The van der Waals surface area contributed by atoms with Gasteiger partial charge in [0.2, 0.25) is 0 Å². The van der Waals surface area contributed by atoms with Crippen molar-refractivity contribution in [3.63, 3.8) is 0 Å². The lowest BCUT2D eigenvalue weighted by molar-refractivity contribution is -0.105. The van der Waals surface area contributed by atoms with Gasteiger partial charge in [-0.3, -0.25) is 9.59 Å². The molecule has 0 aliphatic carbocycles. The molecule has 0 saturated heterocycles. The number of hydrogen-bond acceptors (Lipinski definition) is 6. The maximum Gasteiger partial charge on any atom is 0.176 e. The molecule has 0 aromatic carbocycles. The molecule has 0 atom stereocenters. The van der Waals surface area contributed by atoms with Crippen molar-refractivity contribution in [2.24, 2.45) is 0 Å². The van der Waals surface area contributed by atoms with Gasteiger partial charge >= 0.3 is 0 Å². The molecule has 6 nitrogen and oxygen atoms in total. The summed E-state index contributed by atoms with van der Waals surface area (Å²) in [5.74, 6) is 0. The second-order valence-corrected chi connectivity index (χ2v) is 2.72. The smallest absolute Gasteiger partial charge is 0.176 e. The van der Waals surface area contributed by atoms with Crippen LogP contribution in [0.4, 0.5) is 0 Å². The Bertz CT molecular complexity index is 215. The molecule has 0 unspecified atom stereocenters. The molecule has 104 valence electrons. The standard InChI is InChI=1S/2C6H10O3/c2*1-8-6(9-2)4-3-5-7/h2*3-6H,1-2H3/b2*4-3+. The number of aldehydes is 2. The van der Waals surface area contributed by atoms with Gasteiger partial charge in [0.25, 0.3) is 0 Å². The molecule has 0 rings (SSSR count). The molecule has 0 bridgehead atoms. The van der Waals surface area contributed by atoms with Crippen LogP contribution in [0.25, 0.3) is 0 Å². The number of ether oxygens (including phenoxy) is 4. The lowest BCUT2D eigenvalue weighted by atomic mass is 10.5. The quantitative estimate of drug-likeness (QED) is 0.364. The number of carbonyl (C=O) groups excluding carboxylic acids is 2. The number of rotatable bonds is 8. The van der Waals surface area contributed by atoms with Gasteiger partial charge in [-0.05, 0) is 24.3 Å². The fraction of sp³-hybridized carbons (Fsp3) is 0.500. The molecular formula is C12H20O6. The SMILES string of the molecule is COC(/C=C/C=O)OC.COC(/C=C/C=O)OC. The molecule has 0 aliphatic heterocycles. The largest absolute Gasteiger partial charge is 0.352 e. The minimum Gasteiger partial charge on any atom is -0.352 e. The Kier molecular flexibility index (Phi) is 16.5. The highest BCUT2D eigenvalue weighted by Gasteiger charge is 1.95. The van der Waals surface area contributed by atoms with Gasteiger partial charge in [0.05, 0.1) is 0 Å². The predicted molar refractivity (Wildman–Crippen MR) is 66.0 cm³/mol. The van der Waals surface area contributed by atoms with Crippen molar-refractivity contribution in [2.75, 3.05) is 28.4 Å². The molecule has 0 aromatic heterocycles. The van der Waals surface area contributed by atoms with Crippen LogP contribution in [-0.4, -0.2) is 53.6 Å². The van der Waals surface area contributed by atoms with Gasteiger partial charge in [0, 0.05) is 28.4 Å². The van der Waals surface area contributed by atoms with Gasteiger partial charge in [0.1, 0.15) is 12.6 Å². The first-order valence-corrected chi connectivity index (χ1v) is 5.05. The number of hydrogen-bond donors (Lipinski definition) is 0. The van der Waals surface area contributed by atoms with E-state index >= 15 is 0 Å². The minimum absolute atomic E-state index is 0.407. The highest BCUT2D eigenvalue weighted by molar-refractivity contribution is 5.64. The van der Waals surface area contributed by atoms with Crippen LogP contribution in [-0.2, 0) is 28.5 Å². The van der Waals surface area contributed by atoms with E-state index in [0.29, 0.717) is 12.6 Å². The Morgan fingerprint density at radius 2 is 0.944 bits per heavy atom. The molecule has 0 spiro atoms. The summed E-state index contributed by atoms with van der Waals surface area (Å²) in [6.45, 7) is 0. The second-order valence-electron chi connectivity index (χ2n) is 2.72. The molecule has 0 heterocycles. The van der Waals surface area contributed by atoms with Crippen LogP contribution >= 0.6 is 0 Å². The predicted octanol–water partition coefficient (Wildman–Crippen LogP) is 0.721. The third-order valence-electron chi connectivity index (χ3n) is 1.62. The van der Waals surface area contributed by atoms with E-state index in [9.17, 15) is 9.59 Å². The van der Waals surface area contributed by atoms with Gasteiger partial charge in [-0.2, -0.15) is 0 Å². The fourth-order valence-corrected chi connectivity index (χ4v) is 0.779. The van der Waals surface area contributed by atoms with E-state index in [0.717, 1.165) is 0 Å². The summed E-state index contributed by atoms with van der Waals surface area (Å²) in [5, 5.41) is 0. The topological polar surface area (TPSA) is 71.1 Å². The Labute approximate surface area is 107 Å². The van der Waals surface area contributed by atoms with E-state index < -0.39 is 12.6 Å². The van der Waals surface area contributed by atoms with E-state index in [-0.39, 0.29) is 0 Å². The maximum absolute atomic E-state index is 9.74. The van der Waals surface area contributed by atoms with Crippen LogP contribution < -0.4 is 0 Å². The van der Waals surface area contributed by atoms with Crippen molar-refractivity contribution in [3.8, 4) is 0 Å². The zero-order valence-corrected chi connectivity index (χ0v) is 11.1. The van der Waals surface area contributed by atoms with Crippen LogP contribution in [0.5, 0.6) is 0 Å². The van der Waals surface area contributed by atoms with Crippen molar-refractivity contribution in [2.45, 2.75) is 12.6 Å². The summed E-state index contributed by atoms with van der Waals surface area (Å²) in [7, 11) is 6.01. The summed E-state index contributed by atoms with van der Waals surface area (Å²) in [5.41, 5.74) is 0. The van der Waals surface area contributed by atoms with Crippen molar-refractivity contribution >= 4 is 12.6 Å². The van der Waals surface area contributed by atoms with Crippen LogP contribution in [0.15, 0.2) is 24.3 Å². The molecule has 0 radical (unpaired) electrons. The Hall–Kier alpha value is -1.34. The van der Waals surface area contributed by atoms with Gasteiger partial charge in [-0.1, -0.05) is 0 Å². The van der Waals surface area contributed by atoms with E-state index in [1.165, 1.54) is 52.7 Å². The fourth-order valence-electron chi connectivity index (χ4n) is 0.779. The summed E-state index contributed by atoms with van der Waals surface area (Å²) in [4.78, 5) is 19.5. The van der Waals surface area contributed by atoms with Crippen LogP contribution in [0, 0.1) is 0 Å². The van der Waals surface area contributed by atoms with Crippen molar-refractivity contribution in [3.05, 3.63) is 24.3 Å². The molecule has 0 saturated carbocycles. The first-order valence-electron chi connectivity index (χ1n) is 5.05. The maximum atomic E-state index is 9.74. The summed E-state index contributed by atoms with van der Waals surface area (Å²) in [6.07, 6.45) is 6.23. The van der Waals surface area contributed by atoms with Gasteiger partial charge < -0.3 is 18.9 Å². The van der Waals surface area contributed by atoms with E-state index in [2.05, 4.69) is 0 Å². The average Bonchev–Trinajstić information content (AvgIpc) is 2.42. The zero-order chi connectivity index (χ0) is 14.2. The van der Waals surface area contributed by atoms with Gasteiger partial charge in [-0.15, -0.1) is 0 Å². The Morgan fingerprint density at radius 1 is 0.667 bits per heavy atom. The Balaban J connectivity index is 0. The van der Waals surface area contributed by atoms with E-state index in [1.54, 1.807) is 0 Å². The van der Waals surface area contributed by atoms with Gasteiger partial charge in [-0.25, -0.2) is 0 Å². The molecule has 0 fully saturated rings. The molecule has 0 aromatic rings. The lowest BCUT2D eigenvalue weighted by Crippen LogP contribution is -2.08. The molecule has 0 amide bonds. The molecule has 18 heavy (non-hydrogen) atoms. The second kappa shape index (κ2) is 15.7. The number of allylic oxidation sites excluding steroid dienone is 2. The van der Waals surface area contributed by atoms with Crippen LogP contribution in [0.1, 0.15) is 0 Å². The summed E-state index contributed by atoms with van der Waals surface area (Å²) >= 11 is 0. The van der Waals surface area contributed by atoms with E-state index in [4.69, 9.17) is 18.9 Å². The van der Waals surface area contributed by atoms with Crippen molar-refractivity contribution < 1.29 is 28.5 Å². The molecular weight excluding hydrogens is 240 g/mol. The third-order valence-corrected chi connectivity index (χ3v) is 1.62. The molecule has 6 heteroatoms. The molecule has 0 N–H and O–H groups in total. The van der Waals surface area contributed by atoms with Gasteiger partial charge in [0.15, 0.2) is 12.6 Å². The monoisotopic (exact) mass is 260 g/mol. The zero-order valence-electron chi connectivity index (χ0n) is 11.1. The highest BCUT2D eigenvalue weighted by Crippen LogP contribution is 1.90. The normalized spacial score (nSPS) is 11.0. The van der Waals surface area contributed by atoms with Crippen LogP contribution in [0.2, 0.25) is 0 Å². The number of methoxy groups -OCH3 is 4. The first-order chi connectivity index (χ1) is 8.69. The molecule has 0 aliphatic rings. The summed E-state index contributed by atoms with van der Waals surface area (Å²) in [6, 6.07) is 0. The first kappa shape index (κ1) is 19.0. The van der Waals surface area contributed by atoms with Crippen LogP contribution in [0.3, 0.4) is 0 Å². The average molecular weight is 260 g/mol.